The summed E-state index contributed by atoms with van der Waals surface area (Å²) in [5, 5.41) is 10.7. The Labute approximate surface area is 664 Å². The van der Waals surface area contributed by atoms with Crippen LogP contribution in [0.1, 0.15) is 484 Å². The summed E-state index contributed by atoms with van der Waals surface area (Å²) in [6, 6.07) is 0. The topological polar surface area (TPSA) is 237 Å². The zero-order valence-electron chi connectivity index (χ0n) is 71.0. The van der Waals surface area contributed by atoms with Crippen LogP contribution in [0.3, 0.4) is 0 Å². The molecule has 642 valence electrons. The average Bonchev–Trinajstić information content (AvgIpc) is 0.899. The van der Waals surface area contributed by atoms with Crippen molar-refractivity contribution in [2.45, 2.75) is 502 Å². The molecule has 6 atom stereocenters. The Kier molecular flexibility index (Phi) is 80.2. The highest BCUT2D eigenvalue weighted by Crippen LogP contribution is 2.45. The smallest absolute Gasteiger partial charge is 0.462 e. The maximum atomic E-state index is 13.2. The number of aliphatic hydroxyl groups is 1. The summed E-state index contributed by atoms with van der Waals surface area (Å²) in [5.41, 5.74) is 0. The molecule has 0 aliphatic carbocycles. The number of aliphatic hydroxyl groups excluding tert-OH is 1. The van der Waals surface area contributed by atoms with Gasteiger partial charge in [0.05, 0.1) is 26.4 Å². The number of hydrogen-bond acceptors (Lipinski definition) is 15. The molecule has 0 rings (SSSR count). The first kappa shape index (κ1) is 106. The number of esters is 4. The maximum Gasteiger partial charge on any atom is 0.472 e. The van der Waals surface area contributed by atoms with Gasteiger partial charge in [-0.3, -0.25) is 37.3 Å². The molecule has 108 heavy (non-hydrogen) atoms. The molecule has 0 aliphatic heterocycles. The number of carbonyl (C=O) groups is 4. The van der Waals surface area contributed by atoms with Crippen molar-refractivity contribution in [3.63, 3.8) is 0 Å². The largest absolute Gasteiger partial charge is 0.472 e. The summed E-state index contributed by atoms with van der Waals surface area (Å²) in [5.74, 6) is -1.23. The molecule has 0 saturated carbocycles. The third-order valence-corrected chi connectivity index (χ3v) is 23.3. The van der Waals surface area contributed by atoms with Gasteiger partial charge >= 0.3 is 39.5 Å². The second-order valence-corrected chi connectivity index (χ2v) is 35.1. The Morgan fingerprint density at radius 3 is 0.657 bits per heavy atom. The molecule has 3 N–H and O–H groups in total. The molecular weight excluding hydrogens is 1400 g/mol. The number of unbranched alkanes of at least 4 members (excludes halogenated alkanes) is 60. The van der Waals surface area contributed by atoms with Crippen LogP contribution in [0.4, 0.5) is 0 Å². The van der Waals surface area contributed by atoms with Crippen molar-refractivity contribution < 1.29 is 80.2 Å². The first-order valence-corrected chi connectivity index (χ1v) is 49.2. The van der Waals surface area contributed by atoms with Crippen LogP contribution in [0.2, 0.25) is 0 Å². The van der Waals surface area contributed by atoms with Gasteiger partial charge in [0.2, 0.25) is 0 Å². The van der Waals surface area contributed by atoms with Crippen molar-refractivity contribution >= 4 is 39.5 Å². The van der Waals surface area contributed by atoms with Gasteiger partial charge in [-0.15, -0.1) is 0 Å². The van der Waals surface area contributed by atoms with Crippen LogP contribution < -0.4 is 0 Å². The molecule has 0 aromatic rings. The van der Waals surface area contributed by atoms with E-state index in [1.807, 2.05) is 0 Å². The molecule has 0 bridgehead atoms. The van der Waals surface area contributed by atoms with Gasteiger partial charge in [0.15, 0.2) is 12.2 Å². The second-order valence-electron chi connectivity index (χ2n) is 32.2. The molecule has 17 nitrogen and oxygen atoms in total. The Hall–Kier alpha value is -1.94. The minimum absolute atomic E-state index is 0.109. The number of hydrogen-bond donors (Lipinski definition) is 3. The van der Waals surface area contributed by atoms with Crippen molar-refractivity contribution in [1.29, 1.82) is 0 Å². The number of phosphoric ester groups is 2. The van der Waals surface area contributed by atoms with Crippen molar-refractivity contribution in [3.05, 3.63) is 0 Å². The Bertz CT molecular complexity index is 2050. The molecule has 0 spiro atoms. The fourth-order valence-corrected chi connectivity index (χ4v) is 15.5. The molecule has 0 radical (unpaired) electrons. The van der Waals surface area contributed by atoms with Crippen molar-refractivity contribution in [3.8, 4) is 0 Å². The van der Waals surface area contributed by atoms with Crippen molar-refractivity contribution in [1.82, 2.24) is 0 Å². The first-order chi connectivity index (χ1) is 52.6. The molecule has 0 aromatic carbocycles. The summed E-state index contributed by atoms with van der Waals surface area (Å²) in [4.78, 5) is 73.2. The predicted octanol–water partition coefficient (Wildman–Crippen LogP) is 27.5. The Morgan fingerprint density at radius 1 is 0.259 bits per heavy atom. The van der Waals surface area contributed by atoms with E-state index in [4.69, 9.17) is 37.0 Å². The molecule has 0 amide bonds. The van der Waals surface area contributed by atoms with E-state index in [0.717, 1.165) is 95.8 Å². The van der Waals surface area contributed by atoms with E-state index in [-0.39, 0.29) is 25.7 Å². The minimum Gasteiger partial charge on any atom is -0.462 e. The van der Waals surface area contributed by atoms with Crippen LogP contribution in [-0.2, 0) is 65.4 Å². The third-order valence-electron chi connectivity index (χ3n) is 21.4. The fraction of sp³-hybridized carbons (Fsp3) is 0.955. The highest BCUT2D eigenvalue weighted by Gasteiger charge is 2.31. The summed E-state index contributed by atoms with van der Waals surface area (Å²) in [6.07, 6.45) is 76.6. The Morgan fingerprint density at radius 2 is 0.444 bits per heavy atom. The van der Waals surface area contributed by atoms with Gasteiger partial charge < -0.3 is 33.8 Å². The van der Waals surface area contributed by atoms with Gasteiger partial charge in [-0.25, -0.2) is 9.13 Å². The quantitative estimate of drug-likeness (QED) is 0.0222. The van der Waals surface area contributed by atoms with E-state index in [2.05, 4.69) is 34.6 Å². The summed E-state index contributed by atoms with van der Waals surface area (Å²) < 4.78 is 68.9. The molecule has 0 fully saturated rings. The van der Waals surface area contributed by atoms with E-state index in [1.165, 1.54) is 308 Å². The minimum atomic E-state index is -4.97. The van der Waals surface area contributed by atoms with E-state index >= 15 is 0 Å². The van der Waals surface area contributed by atoms with Crippen molar-refractivity contribution in [2.75, 3.05) is 39.6 Å². The summed E-state index contributed by atoms with van der Waals surface area (Å²) >= 11 is 0. The lowest BCUT2D eigenvalue weighted by Crippen LogP contribution is -2.30. The zero-order valence-corrected chi connectivity index (χ0v) is 72.8. The number of ether oxygens (including phenoxy) is 4. The van der Waals surface area contributed by atoms with E-state index in [9.17, 15) is 43.2 Å². The Balaban J connectivity index is 5.17. The van der Waals surface area contributed by atoms with Crippen LogP contribution in [-0.4, -0.2) is 96.7 Å². The lowest BCUT2D eigenvalue weighted by Gasteiger charge is -2.21. The van der Waals surface area contributed by atoms with Gasteiger partial charge in [-0.1, -0.05) is 433 Å². The highest BCUT2D eigenvalue weighted by atomic mass is 31.2. The molecule has 19 heteroatoms. The molecule has 0 aliphatic rings. The maximum absolute atomic E-state index is 13.2. The SMILES string of the molecule is CCCCCCCCCCCCCCCCCCCCCCCC(=O)OC[C@H](COP(=O)(O)OC[C@@H](O)COP(=O)(O)OC[C@@H](COC(=O)CCCCCCCCCC)OC(=O)CCCCCCCCCCCCCCCCCCC)OC(=O)CCCCCCCCCCCCCCCCCCCCC(C)CC. The summed E-state index contributed by atoms with van der Waals surface area (Å²) in [6.45, 7) is 7.42. The predicted molar refractivity (Wildman–Crippen MR) is 446 cm³/mol. The van der Waals surface area contributed by atoms with Gasteiger partial charge in [0.25, 0.3) is 0 Å². The second kappa shape index (κ2) is 81.6. The molecule has 3 unspecified atom stereocenters. The van der Waals surface area contributed by atoms with E-state index in [1.54, 1.807) is 0 Å². The lowest BCUT2D eigenvalue weighted by molar-refractivity contribution is -0.161. The van der Waals surface area contributed by atoms with Crippen LogP contribution in [0.15, 0.2) is 0 Å². The van der Waals surface area contributed by atoms with E-state index in [0.29, 0.717) is 25.7 Å². The van der Waals surface area contributed by atoms with Gasteiger partial charge in [-0.05, 0) is 31.6 Å². The van der Waals surface area contributed by atoms with Gasteiger partial charge in [-0.2, -0.15) is 0 Å². The van der Waals surface area contributed by atoms with Crippen molar-refractivity contribution in [2.24, 2.45) is 5.92 Å². The lowest BCUT2D eigenvalue weighted by atomic mass is 9.99. The third kappa shape index (κ3) is 80.7. The number of carbonyl (C=O) groups excluding carboxylic acids is 4. The zero-order chi connectivity index (χ0) is 79.0. The van der Waals surface area contributed by atoms with Crippen LogP contribution in [0, 0.1) is 5.92 Å². The van der Waals surface area contributed by atoms with Crippen LogP contribution >= 0.6 is 15.6 Å². The monoisotopic (exact) mass is 1580 g/mol. The van der Waals surface area contributed by atoms with Crippen LogP contribution in [0.5, 0.6) is 0 Å². The first-order valence-electron chi connectivity index (χ1n) is 46.2. The van der Waals surface area contributed by atoms with Gasteiger partial charge in [0.1, 0.15) is 19.3 Å². The van der Waals surface area contributed by atoms with Crippen LogP contribution in [0.25, 0.3) is 0 Å². The molecule has 0 saturated heterocycles. The normalized spacial score (nSPS) is 14.0. The fourth-order valence-electron chi connectivity index (χ4n) is 14.0. The number of rotatable bonds is 89. The van der Waals surface area contributed by atoms with E-state index < -0.39 is 97.5 Å². The molecule has 0 heterocycles. The average molecular weight is 1580 g/mol. The highest BCUT2D eigenvalue weighted by molar-refractivity contribution is 7.47. The number of phosphoric acid groups is 2. The molecular formula is C89H174O17P2. The van der Waals surface area contributed by atoms with Gasteiger partial charge in [0, 0.05) is 25.7 Å². The summed E-state index contributed by atoms with van der Waals surface area (Å²) in [7, 11) is -9.93. The molecule has 0 aromatic heterocycles. The standard InChI is InChI=1S/C89H174O17P2/c1-6-10-13-16-19-22-24-26-28-30-31-32-33-38-41-45-49-53-58-63-68-73-87(92)100-79-85(106-89(94)75-70-65-60-55-51-47-43-39-35-34-37-40-44-48-52-56-61-66-71-82(5)9-4)81-104-108(97,98)102-77-83(90)76-101-107(95,96)103-80-84(78-99-86(91)72-67-62-57-21-18-15-12-8-3)105-88(93)74-69-64-59-54-50-46-42-36-29-27-25-23-20-17-14-11-7-2/h82-85,90H,6-81H2,1-5H3,(H,95,96)(H,97,98)/t82?,83-,84+,85+/m0/s1.